The van der Waals surface area contributed by atoms with E-state index >= 15 is 0 Å². The molecule has 0 heterocycles. The second kappa shape index (κ2) is 39.3. The van der Waals surface area contributed by atoms with Crippen LogP contribution in [0.4, 0.5) is 0 Å². The van der Waals surface area contributed by atoms with Crippen molar-refractivity contribution in [2.75, 3.05) is 25.5 Å². The van der Waals surface area contributed by atoms with Gasteiger partial charge < -0.3 is 19.2 Å². The van der Waals surface area contributed by atoms with Crippen LogP contribution in [0.2, 0.25) is 5.04 Å². The van der Waals surface area contributed by atoms with Gasteiger partial charge in [-0.3, -0.25) is 9.59 Å². The Morgan fingerprint density at radius 1 is 0.577 bits per heavy atom. The van der Waals surface area contributed by atoms with Crippen molar-refractivity contribution in [1.82, 2.24) is 5.32 Å². The number of esters is 2. The molecule has 1 aliphatic rings. The van der Waals surface area contributed by atoms with E-state index in [-0.39, 0.29) is 23.1 Å². The molecule has 5 atom stereocenters. The molecule has 71 heavy (non-hydrogen) atoms. The highest BCUT2D eigenvalue weighted by Gasteiger charge is 2.50. The lowest BCUT2D eigenvalue weighted by Gasteiger charge is -2.43. The number of hydrogen-bond donors (Lipinski definition) is 1. The molecule has 406 valence electrons. The fraction of sp³-hybridized carbons (Fsp3) is 0.778. The third-order valence-corrected chi connectivity index (χ3v) is 22.0. The summed E-state index contributed by atoms with van der Waals surface area (Å²) < 4.78 is 19.4. The van der Waals surface area contributed by atoms with Crippen molar-refractivity contribution < 1.29 is 23.5 Å². The van der Waals surface area contributed by atoms with Gasteiger partial charge in [0.15, 0.2) is 0 Å². The SMILES string of the molecule is CCCCCCCC(=O)OCCC(CCCCC)CCC(CCC(CCCCC)CCS[C@@H]1CCCC[C@H]1OC(=O)CCCCCCC)NCCCCO[Si](c1ccccc1)(c1ccccc1)C(C)(C)C. The van der Waals surface area contributed by atoms with Crippen molar-refractivity contribution in [2.45, 2.75) is 276 Å². The maximum Gasteiger partial charge on any atom is 0.306 e. The lowest BCUT2D eigenvalue weighted by atomic mass is 9.88. The van der Waals surface area contributed by atoms with Gasteiger partial charge in [-0.25, -0.2) is 0 Å². The lowest BCUT2D eigenvalue weighted by molar-refractivity contribution is -0.150. The largest absolute Gasteiger partial charge is 0.466 e. The van der Waals surface area contributed by atoms with Crippen LogP contribution in [0, 0.1) is 11.8 Å². The van der Waals surface area contributed by atoms with Gasteiger partial charge in [0.05, 0.1) is 6.61 Å². The number of carbonyl (C=O) groups is 2. The Balaban J connectivity index is 1.67. The molecule has 3 rings (SSSR count). The fourth-order valence-electron chi connectivity index (χ4n) is 11.1. The van der Waals surface area contributed by atoms with Crippen LogP contribution < -0.4 is 15.7 Å². The Morgan fingerprint density at radius 3 is 1.66 bits per heavy atom. The maximum atomic E-state index is 12.9. The average Bonchev–Trinajstić information content (AvgIpc) is 3.36. The summed E-state index contributed by atoms with van der Waals surface area (Å²) in [6.45, 7) is 18.5. The Morgan fingerprint density at radius 2 is 1.10 bits per heavy atom. The maximum absolute atomic E-state index is 12.9. The van der Waals surface area contributed by atoms with Crippen LogP contribution in [0.3, 0.4) is 0 Å². The van der Waals surface area contributed by atoms with Crippen LogP contribution in [0.15, 0.2) is 60.7 Å². The summed E-state index contributed by atoms with van der Waals surface area (Å²) in [5.41, 5.74) is 0. The number of carbonyl (C=O) groups excluding carboxylic acids is 2. The fourth-order valence-corrected chi connectivity index (χ4v) is 17.3. The zero-order valence-electron chi connectivity index (χ0n) is 47.1. The molecule has 0 spiro atoms. The van der Waals surface area contributed by atoms with E-state index in [2.05, 4.69) is 126 Å². The van der Waals surface area contributed by atoms with E-state index < -0.39 is 8.32 Å². The average molecular weight is 1020 g/mol. The van der Waals surface area contributed by atoms with Crippen LogP contribution in [0.25, 0.3) is 0 Å². The normalized spacial score (nSPS) is 16.7. The summed E-state index contributed by atoms with van der Waals surface area (Å²) in [4.78, 5) is 25.6. The van der Waals surface area contributed by atoms with Crippen molar-refractivity contribution in [2.24, 2.45) is 11.8 Å². The van der Waals surface area contributed by atoms with Crippen molar-refractivity contribution in [3.05, 3.63) is 60.7 Å². The predicted molar refractivity (Wildman–Crippen MR) is 310 cm³/mol. The molecule has 1 fully saturated rings. The zero-order chi connectivity index (χ0) is 51.3. The van der Waals surface area contributed by atoms with Gasteiger partial charge >= 0.3 is 11.9 Å². The summed E-state index contributed by atoms with van der Waals surface area (Å²) in [5, 5.41) is 7.25. The van der Waals surface area contributed by atoms with E-state index in [1.165, 1.54) is 152 Å². The first-order valence-corrected chi connectivity index (χ1v) is 33.0. The molecule has 0 aliphatic heterocycles. The first kappa shape index (κ1) is 63.2. The molecule has 0 aromatic heterocycles. The van der Waals surface area contributed by atoms with E-state index in [9.17, 15) is 9.59 Å². The first-order valence-electron chi connectivity index (χ1n) is 30.0. The zero-order valence-corrected chi connectivity index (χ0v) is 48.9. The second-order valence-electron chi connectivity index (χ2n) is 22.6. The van der Waals surface area contributed by atoms with Crippen LogP contribution >= 0.6 is 11.8 Å². The van der Waals surface area contributed by atoms with E-state index in [4.69, 9.17) is 13.9 Å². The number of hydrogen-bond acceptors (Lipinski definition) is 7. The quantitative estimate of drug-likeness (QED) is 0.0403. The minimum atomic E-state index is -2.56. The third kappa shape index (κ3) is 26.3. The van der Waals surface area contributed by atoms with Crippen LogP contribution in [0.1, 0.15) is 254 Å². The molecule has 0 saturated heterocycles. The molecule has 0 bridgehead atoms. The number of benzene rings is 2. The topological polar surface area (TPSA) is 73.9 Å². The van der Waals surface area contributed by atoms with Crippen molar-refractivity contribution in [3.63, 3.8) is 0 Å². The van der Waals surface area contributed by atoms with E-state index in [1.54, 1.807) is 0 Å². The molecule has 8 heteroatoms. The molecular weight excluding hydrogens is 911 g/mol. The summed E-state index contributed by atoms with van der Waals surface area (Å²) in [7, 11) is -2.56. The highest BCUT2D eigenvalue weighted by molar-refractivity contribution is 7.99. The smallest absolute Gasteiger partial charge is 0.306 e. The van der Waals surface area contributed by atoms with E-state index in [0.717, 1.165) is 70.3 Å². The minimum absolute atomic E-state index is 0.00672. The van der Waals surface area contributed by atoms with Gasteiger partial charge in [-0.2, -0.15) is 11.8 Å². The van der Waals surface area contributed by atoms with Gasteiger partial charge in [0, 0.05) is 30.7 Å². The Labute approximate surface area is 443 Å². The summed E-state index contributed by atoms with van der Waals surface area (Å²) >= 11 is 2.11. The number of nitrogens with one attached hydrogen (secondary N) is 1. The van der Waals surface area contributed by atoms with Crippen LogP contribution in [0.5, 0.6) is 0 Å². The Bertz CT molecular complexity index is 1550. The highest BCUT2D eigenvalue weighted by Crippen LogP contribution is 2.37. The van der Waals surface area contributed by atoms with Gasteiger partial charge in [-0.15, -0.1) is 0 Å². The number of thioether (sulfide) groups is 1. The summed E-state index contributed by atoms with van der Waals surface area (Å²) in [6.07, 6.45) is 36.8. The molecule has 2 aromatic rings. The van der Waals surface area contributed by atoms with Gasteiger partial charge in [-0.05, 0) is 123 Å². The molecule has 1 aliphatic carbocycles. The van der Waals surface area contributed by atoms with Gasteiger partial charge in [0.25, 0.3) is 8.32 Å². The monoisotopic (exact) mass is 1020 g/mol. The van der Waals surface area contributed by atoms with Crippen LogP contribution in [-0.2, 0) is 23.5 Å². The van der Waals surface area contributed by atoms with E-state index in [1.807, 2.05) is 0 Å². The summed E-state index contributed by atoms with van der Waals surface area (Å²) in [6, 6.07) is 22.6. The van der Waals surface area contributed by atoms with Crippen molar-refractivity contribution >= 4 is 42.4 Å². The predicted octanol–water partition coefficient (Wildman–Crippen LogP) is 16.9. The van der Waals surface area contributed by atoms with Gasteiger partial charge in [0.2, 0.25) is 0 Å². The first-order chi connectivity index (χ1) is 34.6. The third-order valence-electron chi connectivity index (χ3n) is 15.6. The van der Waals surface area contributed by atoms with Crippen molar-refractivity contribution in [1.29, 1.82) is 0 Å². The second-order valence-corrected chi connectivity index (χ2v) is 28.2. The molecule has 0 amide bonds. The molecule has 6 nitrogen and oxygen atoms in total. The highest BCUT2D eigenvalue weighted by atomic mass is 32.2. The molecule has 0 radical (unpaired) electrons. The Kier molecular flexibility index (Phi) is 35.0. The standard InChI is InChI=1S/C63H109NO5SSi/c1-8-12-16-18-28-42-61(65)67-52-48-54(34-22-14-10-3)44-46-56(64-50-32-33-51-68-71(63(5,6)7,57-36-24-20-25-37-57)58-38-26-21-27-39-58)47-45-55(35-23-15-11-4)49-53-70-60-41-31-30-40-59(60)69-62(66)43-29-19-17-13-9-2/h20-21,24-27,36-39,54-56,59-60,64H,8-19,22-23,28-35,40-53H2,1-7H3/t54?,55?,56?,59-,60-/m1/s1. The number of unbranched alkanes of at least 4 members (excludes halogenated alkanes) is 13. The molecule has 1 saturated carbocycles. The molecule has 3 unspecified atom stereocenters. The molecule has 1 N–H and O–H groups in total. The minimum Gasteiger partial charge on any atom is -0.466 e. The van der Waals surface area contributed by atoms with E-state index in [0.29, 0.717) is 42.6 Å². The van der Waals surface area contributed by atoms with Gasteiger partial charge in [-0.1, -0.05) is 218 Å². The van der Waals surface area contributed by atoms with Crippen LogP contribution in [-0.4, -0.2) is 63.2 Å². The lowest BCUT2D eigenvalue weighted by Crippen LogP contribution is -2.66. The number of rotatable bonds is 43. The Hall–Kier alpha value is -2.13. The molecule has 2 aromatic carbocycles. The van der Waals surface area contributed by atoms with Crippen molar-refractivity contribution in [3.8, 4) is 0 Å². The van der Waals surface area contributed by atoms with Gasteiger partial charge in [0.1, 0.15) is 6.10 Å². The summed E-state index contributed by atoms with van der Waals surface area (Å²) in [5.74, 6) is 2.48. The number of ether oxygens (including phenoxy) is 2. The molecular formula is C63H109NO5SSi.